The fraction of sp³-hybridized carbons (Fsp3) is 0.458. The second-order valence-electron chi connectivity index (χ2n) is 8.64. The van der Waals surface area contributed by atoms with Crippen LogP contribution in [0.2, 0.25) is 0 Å². The molecular weight excluding hydrogens is 492 g/mol. The minimum Gasteiger partial charge on any atom is -0.492 e. The van der Waals surface area contributed by atoms with Crippen molar-refractivity contribution in [3.8, 4) is 5.75 Å². The Bertz CT molecular complexity index is 1030. The molecule has 32 heavy (non-hydrogen) atoms. The molecule has 8 heteroatoms. The lowest BCUT2D eigenvalue weighted by Crippen LogP contribution is -2.38. The first-order valence-electron chi connectivity index (χ1n) is 11.0. The predicted octanol–water partition coefficient (Wildman–Crippen LogP) is 5.69. The molecule has 174 valence electrons. The van der Waals surface area contributed by atoms with E-state index in [4.69, 9.17) is 4.74 Å². The molecule has 0 bridgehead atoms. The van der Waals surface area contributed by atoms with E-state index in [1.165, 1.54) is 10.7 Å². The lowest BCUT2D eigenvalue weighted by molar-refractivity contribution is 0.102. The van der Waals surface area contributed by atoms with Crippen molar-refractivity contribution < 1.29 is 17.9 Å². The third kappa shape index (κ3) is 6.11. The highest BCUT2D eigenvalue weighted by molar-refractivity contribution is 9.10. The topological polar surface area (TPSA) is 75.7 Å². The van der Waals surface area contributed by atoms with Crippen molar-refractivity contribution in [1.82, 2.24) is 4.31 Å². The Morgan fingerprint density at radius 2 is 1.78 bits per heavy atom. The zero-order valence-corrected chi connectivity index (χ0v) is 21.2. The van der Waals surface area contributed by atoms with Gasteiger partial charge in [0.25, 0.3) is 5.91 Å². The number of sulfonamides is 1. The zero-order valence-electron chi connectivity index (χ0n) is 18.8. The summed E-state index contributed by atoms with van der Waals surface area (Å²) >= 11 is 3.45. The summed E-state index contributed by atoms with van der Waals surface area (Å²) in [6.07, 6.45) is 5.11. The van der Waals surface area contributed by atoms with Crippen LogP contribution in [0.5, 0.6) is 5.75 Å². The van der Waals surface area contributed by atoms with E-state index in [9.17, 15) is 13.2 Å². The average Bonchev–Trinajstić information content (AvgIpc) is 2.78. The van der Waals surface area contributed by atoms with Crippen molar-refractivity contribution >= 4 is 37.5 Å². The number of anilines is 1. The van der Waals surface area contributed by atoms with Crippen LogP contribution in [-0.4, -0.2) is 38.3 Å². The number of amides is 1. The minimum atomic E-state index is -3.56. The van der Waals surface area contributed by atoms with Crippen LogP contribution in [0, 0.1) is 5.92 Å². The van der Waals surface area contributed by atoms with Crippen molar-refractivity contribution in [2.24, 2.45) is 5.92 Å². The number of halogens is 1. The number of carbonyl (C=O) groups excluding carboxylic acids is 1. The normalized spacial score (nSPS) is 15.2. The second-order valence-corrected chi connectivity index (χ2v) is 11.5. The summed E-state index contributed by atoms with van der Waals surface area (Å²) in [5, 5.41) is 2.82. The number of hydrogen-bond donors (Lipinski definition) is 1. The molecule has 3 rings (SSSR count). The number of rotatable bonds is 8. The number of carbonyl (C=O) groups is 1. The van der Waals surface area contributed by atoms with Gasteiger partial charge in [-0.05, 0) is 77.2 Å². The first-order valence-corrected chi connectivity index (χ1v) is 13.2. The van der Waals surface area contributed by atoms with Gasteiger partial charge in [-0.15, -0.1) is 0 Å². The standard InChI is InChI=1S/C24H31BrN2O4S/c1-17(2)16-31-23-14-9-18(15-22(23)25)24(28)26-19-10-12-21(13-11-19)32(29,30)27(3)20-7-5-4-6-8-20/h9-15,17,20H,4-8,16H2,1-3H3,(H,26,28). The van der Waals surface area contributed by atoms with Gasteiger partial charge in [-0.2, -0.15) is 4.31 Å². The molecule has 2 aromatic carbocycles. The molecule has 6 nitrogen and oxygen atoms in total. The number of nitrogens with one attached hydrogen (secondary N) is 1. The van der Waals surface area contributed by atoms with Crippen LogP contribution in [0.15, 0.2) is 51.8 Å². The molecule has 1 N–H and O–H groups in total. The summed E-state index contributed by atoms with van der Waals surface area (Å²) in [5.41, 5.74) is 1.01. The molecule has 1 amide bonds. The summed E-state index contributed by atoms with van der Waals surface area (Å²) in [6, 6.07) is 11.6. The molecular formula is C24H31BrN2O4S. The molecule has 0 saturated heterocycles. The van der Waals surface area contributed by atoms with Crippen LogP contribution in [-0.2, 0) is 10.0 Å². The number of nitrogens with zero attached hydrogens (tertiary/aromatic N) is 1. The Balaban J connectivity index is 1.66. The second kappa shape index (κ2) is 10.8. The van der Waals surface area contributed by atoms with Gasteiger partial charge in [0, 0.05) is 24.3 Å². The Hall–Kier alpha value is -1.90. The smallest absolute Gasteiger partial charge is 0.255 e. The van der Waals surface area contributed by atoms with E-state index >= 15 is 0 Å². The summed E-state index contributed by atoms with van der Waals surface area (Å²) < 4.78 is 33.9. The summed E-state index contributed by atoms with van der Waals surface area (Å²) in [4.78, 5) is 12.9. The predicted molar refractivity (Wildman–Crippen MR) is 131 cm³/mol. The molecule has 1 fully saturated rings. The van der Waals surface area contributed by atoms with Crippen LogP contribution in [0.4, 0.5) is 5.69 Å². The minimum absolute atomic E-state index is 0.0547. The lowest BCUT2D eigenvalue weighted by Gasteiger charge is -2.30. The molecule has 0 spiro atoms. The Labute approximate surface area is 199 Å². The fourth-order valence-corrected chi connectivity index (χ4v) is 5.65. The Morgan fingerprint density at radius 1 is 1.12 bits per heavy atom. The van der Waals surface area contributed by atoms with Crippen LogP contribution >= 0.6 is 15.9 Å². The number of benzene rings is 2. The van der Waals surface area contributed by atoms with E-state index in [-0.39, 0.29) is 16.8 Å². The SMILES string of the molecule is CC(C)COc1ccc(C(=O)Nc2ccc(S(=O)(=O)N(C)C3CCCCC3)cc2)cc1Br. The molecule has 1 saturated carbocycles. The summed E-state index contributed by atoms with van der Waals surface area (Å²) in [7, 11) is -1.90. The molecule has 0 heterocycles. The largest absolute Gasteiger partial charge is 0.492 e. The van der Waals surface area contributed by atoms with Gasteiger partial charge in [0.2, 0.25) is 10.0 Å². The first-order chi connectivity index (χ1) is 15.2. The molecule has 0 unspecified atom stereocenters. The van der Waals surface area contributed by atoms with Gasteiger partial charge in [0.05, 0.1) is 16.0 Å². The number of ether oxygens (including phenoxy) is 1. The molecule has 0 radical (unpaired) electrons. The van der Waals surface area contributed by atoms with Crippen molar-refractivity contribution in [2.45, 2.75) is 56.9 Å². The third-order valence-electron chi connectivity index (χ3n) is 5.64. The summed E-state index contributed by atoms with van der Waals surface area (Å²) in [5.74, 6) is 0.807. The third-order valence-corrected chi connectivity index (χ3v) is 8.19. The van der Waals surface area contributed by atoms with Gasteiger partial charge in [-0.3, -0.25) is 4.79 Å². The van der Waals surface area contributed by atoms with Gasteiger partial charge < -0.3 is 10.1 Å². The maximum atomic E-state index is 13.0. The van der Waals surface area contributed by atoms with E-state index in [2.05, 4.69) is 35.1 Å². The molecule has 2 aromatic rings. The molecule has 0 aliphatic heterocycles. The van der Waals surface area contributed by atoms with E-state index in [0.717, 1.165) is 25.7 Å². The average molecular weight is 523 g/mol. The van der Waals surface area contributed by atoms with E-state index in [1.54, 1.807) is 49.5 Å². The highest BCUT2D eigenvalue weighted by Crippen LogP contribution is 2.28. The molecule has 0 atom stereocenters. The summed E-state index contributed by atoms with van der Waals surface area (Å²) in [6.45, 7) is 4.73. The van der Waals surface area contributed by atoms with Crippen molar-refractivity contribution in [3.63, 3.8) is 0 Å². The van der Waals surface area contributed by atoms with E-state index < -0.39 is 10.0 Å². The van der Waals surface area contributed by atoms with Crippen LogP contribution in [0.3, 0.4) is 0 Å². The van der Waals surface area contributed by atoms with Gasteiger partial charge >= 0.3 is 0 Å². The maximum Gasteiger partial charge on any atom is 0.255 e. The van der Waals surface area contributed by atoms with Crippen LogP contribution < -0.4 is 10.1 Å². The van der Waals surface area contributed by atoms with E-state index in [0.29, 0.717) is 34.0 Å². The highest BCUT2D eigenvalue weighted by atomic mass is 79.9. The van der Waals surface area contributed by atoms with Crippen LogP contribution in [0.25, 0.3) is 0 Å². The van der Waals surface area contributed by atoms with Gasteiger partial charge in [-0.25, -0.2) is 8.42 Å². The first kappa shape index (κ1) is 24.7. The Kier molecular flexibility index (Phi) is 8.36. The molecule has 0 aromatic heterocycles. The molecule has 1 aliphatic rings. The lowest BCUT2D eigenvalue weighted by atomic mass is 9.96. The Morgan fingerprint density at radius 3 is 2.38 bits per heavy atom. The maximum absolute atomic E-state index is 13.0. The van der Waals surface area contributed by atoms with Gasteiger partial charge in [0.1, 0.15) is 5.75 Å². The molecule has 1 aliphatic carbocycles. The van der Waals surface area contributed by atoms with Gasteiger partial charge in [0.15, 0.2) is 0 Å². The van der Waals surface area contributed by atoms with Crippen LogP contribution in [0.1, 0.15) is 56.3 Å². The van der Waals surface area contributed by atoms with Crippen molar-refractivity contribution in [3.05, 3.63) is 52.5 Å². The number of hydrogen-bond acceptors (Lipinski definition) is 4. The fourth-order valence-electron chi connectivity index (χ4n) is 3.74. The zero-order chi connectivity index (χ0) is 23.3. The van der Waals surface area contributed by atoms with Crippen molar-refractivity contribution in [2.75, 3.05) is 19.0 Å². The van der Waals surface area contributed by atoms with Crippen molar-refractivity contribution in [1.29, 1.82) is 0 Å². The monoisotopic (exact) mass is 522 g/mol. The highest BCUT2D eigenvalue weighted by Gasteiger charge is 2.29. The van der Waals surface area contributed by atoms with Gasteiger partial charge in [-0.1, -0.05) is 33.1 Å². The quantitative estimate of drug-likeness (QED) is 0.483. The van der Waals surface area contributed by atoms with E-state index in [1.807, 2.05) is 0 Å².